The molecule has 126 valence electrons. The van der Waals surface area contributed by atoms with Gasteiger partial charge in [0.2, 0.25) is 11.8 Å². The van der Waals surface area contributed by atoms with Crippen molar-refractivity contribution in [2.24, 2.45) is 11.8 Å². The summed E-state index contributed by atoms with van der Waals surface area (Å²) in [5, 5.41) is 9.13. The van der Waals surface area contributed by atoms with E-state index in [1.807, 2.05) is 20.8 Å². The Morgan fingerprint density at radius 1 is 1.14 bits per heavy atom. The van der Waals surface area contributed by atoms with E-state index in [4.69, 9.17) is 5.11 Å². The normalized spacial score (nSPS) is 21.5. The predicted octanol–water partition coefficient (Wildman–Crippen LogP) is 1.59. The Labute approximate surface area is 132 Å². The molecule has 0 aromatic heterocycles. The van der Waals surface area contributed by atoms with E-state index in [0.717, 1.165) is 0 Å². The van der Waals surface area contributed by atoms with Crippen LogP contribution in [0.5, 0.6) is 0 Å². The number of carbonyl (C=O) groups excluding carboxylic acids is 2. The van der Waals surface area contributed by atoms with Crippen LogP contribution < -0.4 is 0 Å². The number of hydrogen-bond acceptors (Lipinski definition) is 3. The Hall–Kier alpha value is -1.59. The summed E-state index contributed by atoms with van der Waals surface area (Å²) in [5.41, 5.74) is 0. The van der Waals surface area contributed by atoms with Crippen molar-refractivity contribution >= 4 is 17.8 Å². The third-order valence-electron chi connectivity index (χ3n) is 4.26. The summed E-state index contributed by atoms with van der Waals surface area (Å²) in [4.78, 5) is 38.6. The zero-order valence-electron chi connectivity index (χ0n) is 13.9. The molecule has 0 saturated carbocycles. The summed E-state index contributed by atoms with van der Waals surface area (Å²) in [6, 6.07) is 0. The molecule has 2 unspecified atom stereocenters. The lowest BCUT2D eigenvalue weighted by atomic mass is 9.90. The number of nitrogens with zero attached hydrogens (tertiary/aromatic N) is 2. The number of amides is 2. The van der Waals surface area contributed by atoms with Gasteiger partial charge in [0.1, 0.15) is 0 Å². The molecular weight excluding hydrogens is 284 g/mol. The second kappa shape index (κ2) is 8.76. The fraction of sp³-hybridized carbons (Fsp3) is 0.812. The van der Waals surface area contributed by atoms with Crippen LogP contribution in [-0.4, -0.2) is 58.9 Å². The van der Waals surface area contributed by atoms with E-state index in [0.29, 0.717) is 51.9 Å². The van der Waals surface area contributed by atoms with Crippen LogP contribution in [0, 0.1) is 11.8 Å². The number of likely N-dealkylation sites (tertiary alicyclic amines) is 1. The average molecular weight is 312 g/mol. The van der Waals surface area contributed by atoms with Gasteiger partial charge in [-0.2, -0.15) is 0 Å². The molecule has 0 aromatic rings. The number of carboxylic acids is 1. The highest BCUT2D eigenvalue weighted by Crippen LogP contribution is 2.22. The van der Waals surface area contributed by atoms with Crippen LogP contribution in [-0.2, 0) is 14.4 Å². The first-order chi connectivity index (χ1) is 10.4. The monoisotopic (exact) mass is 312 g/mol. The van der Waals surface area contributed by atoms with Crippen LogP contribution in [0.2, 0.25) is 0 Å². The summed E-state index contributed by atoms with van der Waals surface area (Å²) >= 11 is 0. The molecule has 1 rings (SSSR count). The lowest BCUT2D eigenvalue weighted by Gasteiger charge is -2.34. The molecule has 1 fully saturated rings. The molecule has 0 aromatic carbocycles. The van der Waals surface area contributed by atoms with Gasteiger partial charge in [-0.25, -0.2) is 0 Å². The van der Waals surface area contributed by atoms with Crippen molar-refractivity contribution in [2.45, 2.75) is 46.5 Å². The fourth-order valence-electron chi connectivity index (χ4n) is 3.02. The smallest absolute Gasteiger partial charge is 0.308 e. The summed E-state index contributed by atoms with van der Waals surface area (Å²) in [6.07, 6.45) is 1.83. The molecule has 0 bridgehead atoms. The highest BCUT2D eigenvalue weighted by Gasteiger charge is 2.31. The van der Waals surface area contributed by atoms with Crippen molar-refractivity contribution in [3.63, 3.8) is 0 Å². The predicted molar refractivity (Wildman–Crippen MR) is 83.3 cm³/mol. The van der Waals surface area contributed by atoms with Crippen LogP contribution in [0.25, 0.3) is 0 Å². The zero-order valence-corrected chi connectivity index (χ0v) is 13.9. The summed E-state index contributed by atoms with van der Waals surface area (Å²) < 4.78 is 0. The topological polar surface area (TPSA) is 77.9 Å². The first-order valence-corrected chi connectivity index (χ1v) is 8.17. The first kappa shape index (κ1) is 18.5. The maximum Gasteiger partial charge on any atom is 0.308 e. The third kappa shape index (κ3) is 5.31. The minimum absolute atomic E-state index is 0.0369. The Morgan fingerprint density at radius 2 is 1.77 bits per heavy atom. The van der Waals surface area contributed by atoms with Gasteiger partial charge in [0.05, 0.1) is 5.92 Å². The van der Waals surface area contributed by atoms with Crippen molar-refractivity contribution < 1.29 is 19.5 Å². The van der Waals surface area contributed by atoms with E-state index in [-0.39, 0.29) is 17.7 Å². The van der Waals surface area contributed by atoms with Gasteiger partial charge < -0.3 is 14.9 Å². The van der Waals surface area contributed by atoms with E-state index in [9.17, 15) is 14.4 Å². The Bertz CT molecular complexity index is 407. The number of carboxylic acid groups (broad SMARTS) is 1. The lowest BCUT2D eigenvalue weighted by molar-refractivity contribution is -0.146. The quantitative estimate of drug-likeness (QED) is 0.774. The molecular formula is C16H28N2O4. The van der Waals surface area contributed by atoms with Gasteiger partial charge in [0.15, 0.2) is 0 Å². The van der Waals surface area contributed by atoms with Gasteiger partial charge in [-0.3, -0.25) is 14.4 Å². The van der Waals surface area contributed by atoms with E-state index in [2.05, 4.69) is 0 Å². The highest BCUT2D eigenvalue weighted by atomic mass is 16.4. The lowest BCUT2D eigenvalue weighted by Crippen LogP contribution is -2.45. The minimum atomic E-state index is -0.832. The molecule has 1 saturated heterocycles. The molecule has 0 spiro atoms. The maximum absolute atomic E-state index is 12.2. The summed E-state index contributed by atoms with van der Waals surface area (Å²) in [5.74, 6) is -1.06. The average Bonchev–Trinajstić information content (AvgIpc) is 2.47. The van der Waals surface area contributed by atoms with Crippen molar-refractivity contribution in [3.05, 3.63) is 0 Å². The molecule has 2 amide bonds. The second-order valence-electron chi connectivity index (χ2n) is 6.09. The highest BCUT2D eigenvalue weighted by molar-refractivity contribution is 5.80. The van der Waals surface area contributed by atoms with Gasteiger partial charge in [0, 0.05) is 39.0 Å². The van der Waals surface area contributed by atoms with Crippen molar-refractivity contribution in [3.8, 4) is 0 Å². The van der Waals surface area contributed by atoms with E-state index >= 15 is 0 Å². The molecule has 1 aliphatic rings. The molecule has 22 heavy (non-hydrogen) atoms. The van der Waals surface area contributed by atoms with Crippen LogP contribution in [0.4, 0.5) is 0 Å². The fourth-order valence-corrected chi connectivity index (χ4v) is 3.02. The van der Waals surface area contributed by atoms with Gasteiger partial charge in [0.25, 0.3) is 0 Å². The molecule has 6 heteroatoms. The van der Waals surface area contributed by atoms with Crippen LogP contribution in [0.1, 0.15) is 46.5 Å². The Morgan fingerprint density at radius 3 is 2.32 bits per heavy atom. The van der Waals surface area contributed by atoms with E-state index in [1.165, 1.54) is 0 Å². The van der Waals surface area contributed by atoms with E-state index < -0.39 is 11.9 Å². The first-order valence-electron chi connectivity index (χ1n) is 8.17. The number of hydrogen-bond donors (Lipinski definition) is 1. The number of aliphatic carboxylic acids is 1. The van der Waals surface area contributed by atoms with E-state index in [1.54, 1.807) is 9.80 Å². The molecule has 2 atom stereocenters. The zero-order chi connectivity index (χ0) is 16.7. The number of piperidine rings is 1. The third-order valence-corrected chi connectivity index (χ3v) is 4.26. The summed E-state index contributed by atoms with van der Waals surface area (Å²) in [6.45, 7) is 8.14. The number of rotatable bonds is 7. The largest absolute Gasteiger partial charge is 0.481 e. The number of carbonyl (C=O) groups is 3. The SMILES string of the molecule is CCN(CC)C(=O)CCCC(=O)N1CC(C)CC(C(=O)O)C1. The Balaban J connectivity index is 2.41. The molecule has 6 nitrogen and oxygen atoms in total. The van der Waals surface area contributed by atoms with Crippen LogP contribution >= 0.6 is 0 Å². The molecule has 1 heterocycles. The van der Waals surface area contributed by atoms with Crippen LogP contribution in [0.3, 0.4) is 0 Å². The Kier molecular flexibility index (Phi) is 7.35. The molecule has 1 N–H and O–H groups in total. The molecule has 1 aliphatic heterocycles. The summed E-state index contributed by atoms with van der Waals surface area (Å²) in [7, 11) is 0. The maximum atomic E-state index is 12.2. The van der Waals surface area contributed by atoms with Gasteiger partial charge in [-0.1, -0.05) is 6.92 Å². The van der Waals surface area contributed by atoms with Gasteiger partial charge in [-0.15, -0.1) is 0 Å². The van der Waals surface area contributed by atoms with Gasteiger partial charge in [-0.05, 0) is 32.6 Å². The minimum Gasteiger partial charge on any atom is -0.481 e. The van der Waals surface area contributed by atoms with Crippen molar-refractivity contribution in [1.82, 2.24) is 9.80 Å². The van der Waals surface area contributed by atoms with Crippen molar-refractivity contribution in [2.75, 3.05) is 26.2 Å². The molecule has 0 aliphatic carbocycles. The van der Waals surface area contributed by atoms with Gasteiger partial charge >= 0.3 is 5.97 Å². The van der Waals surface area contributed by atoms with Crippen LogP contribution in [0.15, 0.2) is 0 Å². The van der Waals surface area contributed by atoms with Crippen molar-refractivity contribution in [1.29, 1.82) is 0 Å². The molecule has 0 radical (unpaired) electrons. The standard InChI is InChI=1S/C16H28N2O4/c1-4-17(5-2)14(19)7-6-8-15(20)18-10-12(3)9-13(11-18)16(21)22/h12-13H,4-11H2,1-3H3,(H,21,22). The second-order valence-corrected chi connectivity index (χ2v) is 6.09.